The third kappa shape index (κ3) is 1.99. The molecule has 2 radical (unpaired) electrons. The molecule has 0 aromatic heterocycles. The summed E-state index contributed by atoms with van der Waals surface area (Å²) in [6.45, 7) is 0. The summed E-state index contributed by atoms with van der Waals surface area (Å²) in [6.07, 6.45) is 1.26. The van der Waals surface area contributed by atoms with Gasteiger partial charge in [-0.2, -0.15) is 0 Å². The fourth-order valence-corrected chi connectivity index (χ4v) is 1.16. The molecule has 0 aliphatic rings. The van der Waals surface area contributed by atoms with Gasteiger partial charge in [-0.15, -0.1) is 0 Å². The van der Waals surface area contributed by atoms with Gasteiger partial charge in [-0.1, -0.05) is 16.7 Å². The molecule has 0 aliphatic carbocycles. The molecule has 0 heterocycles. The number of hydrogen-bond donors (Lipinski definition) is 1. The van der Waals surface area contributed by atoms with E-state index in [1.54, 1.807) is 12.1 Å². The quantitative estimate of drug-likeness (QED) is 0.323. The highest BCUT2D eigenvalue weighted by atomic mass is 16.5. The highest BCUT2D eigenvalue weighted by molar-refractivity contribution is 6.35. The molecule has 1 aromatic carbocycles. The number of nitrogens with zero attached hydrogens (tertiary/aromatic N) is 1. The van der Waals surface area contributed by atoms with Crippen molar-refractivity contribution in [2.45, 2.75) is 0 Å². The molecule has 0 amide bonds. The molecule has 0 bridgehead atoms. The van der Waals surface area contributed by atoms with Crippen LogP contribution in [0, 0.1) is 0 Å². The maximum Gasteiger partial charge on any atom is 0.160 e. The molecule has 4 nitrogen and oxygen atoms in total. The lowest BCUT2D eigenvalue weighted by Gasteiger charge is -2.11. The van der Waals surface area contributed by atoms with Gasteiger partial charge in [0.25, 0.3) is 0 Å². The molecule has 0 fully saturated rings. The molecule has 0 spiro atoms. The zero-order valence-corrected chi connectivity index (χ0v) is 8.02. The summed E-state index contributed by atoms with van der Waals surface area (Å²) in [5.41, 5.74) is 1.07. The van der Waals surface area contributed by atoms with Crippen molar-refractivity contribution in [1.82, 2.24) is 0 Å². The normalized spacial score (nSPS) is 10.4. The summed E-state index contributed by atoms with van der Waals surface area (Å²) < 4.78 is 10.1. The lowest BCUT2D eigenvalue weighted by atomic mass is 9.92. The third-order valence-corrected chi connectivity index (χ3v) is 1.74. The Kier molecular flexibility index (Phi) is 3.39. The van der Waals surface area contributed by atoms with Crippen molar-refractivity contribution in [1.29, 1.82) is 0 Å². The Bertz CT molecular complexity index is 352. The van der Waals surface area contributed by atoms with Crippen LogP contribution in [0.25, 0.3) is 0 Å². The minimum Gasteiger partial charge on any atom is -0.493 e. The van der Waals surface area contributed by atoms with Gasteiger partial charge >= 0.3 is 0 Å². The van der Waals surface area contributed by atoms with Gasteiger partial charge in [-0.25, -0.2) is 0 Å². The predicted octanol–water partition coefficient (Wildman–Crippen LogP) is 0.306. The van der Waals surface area contributed by atoms with Crippen LogP contribution in [0.15, 0.2) is 17.3 Å². The highest BCUT2D eigenvalue weighted by Gasteiger charge is 2.07. The van der Waals surface area contributed by atoms with E-state index in [-0.39, 0.29) is 0 Å². The Hall–Kier alpha value is -1.65. The van der Waals surface area contributed by atoms with E-state index in [2.05, 4.69) is 5.16 Å². The van der Waals surface area contributed by atoms with Crippen LogP contribution in [0.3, 0.4) is 0 Å². The number of hydrogen-bond acceptors (Lipinski definition) is 4. The molecule has 0 aliphatic heterocycles. The first-order chi connectivity index (χ1) is 6.72. The minimum absolute atomic E-state index is 0.432. The summed E-state index contributed by atoms with van der Waals surface area (Å²) in [6, 6.07) is 3.29. The Labute approximate surface area is 83.5 Å². The highest BCUT2D eigenvalue weighted by Crippen LogP contribution is 2.24. The van der Waals surface area contributed by atoms with Gasteiger partial charge in [-0.3, -0.25) is 0 Å². The van der Waals surface area contributed by atoms with Crippen LogP contribution < -0.4 is 14.9 Å². The number of oxime groups is 1. The van der Waals surface area contributed by atoms with E-state index in [1.807, 2.05) is 0 Å². The first-order valence-electron chi connectivity index (χ1n) is 3.91. The van der Waals surface area contributed by atoms with Crippen molar-refractivity contribution in [3.63, 3.8) is 0 Å². The standard InChI is InChI=1S/C9H10BNO3/c1-13-8-4-6(5-11-12)3-7(10)9(8)14-2/h3-5,12H,1-2H3/b11-5-. The predicted molar refractivity (Wildman–Crippen MR) is 54.3 cm³/mol. The van der Waals surface area contributed by atoms with E-state index in [4.69, 9.17) is 22.5 Å². The molecule has 0 saturated heterocycles. The Morgan fingerprint density at radius 3 is 2.57 bits per heavy atom. The fourth-order valence-electron chi connectivity index (χ4n) is 1.16. The zero-order chi connectivity index (χ0) is 10.6. The fraction of sp³-hybridized carbons (Fsp3) is 0.222. The van der Waals surface area contributed by atoms with E-state index in [0.717, 1.165) is 0 Å². The molecule has 1 aromatic rings. The molecule has 0 unspecified atom stereocenters. The van der Waals surface area contributed by atoms with Gasteiger partial charge in [0.2, 0.25) is 0 Å². The third-order valence-electron chi connectivity index (χ3n) is 1.74. The van der Waals surface area contributed by atoms with Gasteiger partial charge in [-0.05, 0) is 11.6 Å². The summed E-state index contributed by atoms with van der Waals surface area (Å²) in [4.78, 5) is 0. The largest absolute Gasteiger partial charge is 0.493 e. The second-order valence-electron chi connectivity index (χ2n) is 2.59. The van der Waals surface area contributed by atoms with Crippen LogP contribution in [0.5, 0.6) is 11.5 Å². The molecule has 0 saturated carbocycles. The van der Waals surface area contributed by atoms with Crippen LogP contribution in [0.2, 0.25) is 0 Å². The van der Waals surface area contributed by atoms with Crippen molar-refractivity contribution < 1.29 is 14.7 Å². The average Bonchev–Trinajstić information content (AvgIpc) is 2.17. The van der Waals surface area contributed by atoms with Crippen molar-refractivity contribution >= 4 is 19.5 Å². The first-order valence-corrected chi connectivity index (χ1v) is 3.91. The Balaban J connectivity index is 3.23. The molecule has 1 N–H and O–H groups in total. The number of ether oxygens (including phenoxy) is 2. The number of benzene rings is 1. The molecule has 5 heteroatoms. The molecular formula is C9H10BNO3. The van der Waals surface area contributed by atoms with Gasteiger partial charge in [0.05, 0.1) is 20.4 Å². The number of rotatable bonds is 3. The summed E-state index contributed by atoms with van der Waals surface area (Å²) >= 11 is 0. The maximum atomic E-state index is 8.36. The van der Waals surface area contributed by atoms with Crippen LogP contribution in [-0.4, -0.2) is 33.5 Å². The SMILES string of the molecule is [B]c1cc(/C=N\O)cc(OC)c1OC. The second kappa shape index (κ2) is 4.55. The molecule has 1 rings (SSSR count). The molecule has 72 valence electrons. The van der Waals surface area contributed by atoms with E-state index in [9.17, 15) is 0 Å². The van der Waals surface area contributed by atoms with Crippen LogP contribution in [0.4, 0.5) is 0 Å². The van der Waals surface area contributed by atoms with E-state index >= 15 is 0 Å². The first kappa shape index (κ1) is 10.4. The van der Waals surface area contributed by atoms with E-state index < -0.39 is 0 Å². The molecular weight excluding hydrogens is 181 g/mol. The van der Waals surface area contributed by atoms with Gasteiger partial charge in [0.15, 0.2) is 11.5 Å². The van der Waals surface area contributed by atoms with Crippen LogP contribution in [-0.2, 0) is 0 Å². The summed E-state index contributed by atoms with van der Waals surface area (Å²) in [5, 5.41) is 11.3. The summed E-state index contributed by atoms with van der Waals surface area (Å²) in [7, 11) is 8.71. The van der Waals surface area contributed by atoms with E-state index in [1.165, 1.54) is 20.4 Å². The van der Waals surface area contributed by atoms with Crippen LogP contribution in [0.1, 0.15) is 5.56 Å². The van der Waals surface area contributed by atoms with Crippen molar-refractivity contribution in [2.75, 3.05) is 14.2 Å². The van der Waals surface area contributed by atoms with Crippen molar-refractivity contribution in [3.05, 3.63) is 17.7 Å². The monoisotopic (exact) mass is 191 g/mol. The lowest BCUT2D eigenvalue weighted by molar-refractivity contribution is 0.321. The van der Waals surface area contributed by atoms with Gasteiger partial charge in [0.1, 0.15) is 7.85 Å². The van der Waals surface area contributed by atoms with E-state index in [0.29, 0.717) is 22.5 Å². The average molecular weight is 191 g/mol. The Morgan fingerprint density at radius 1 is 1.36 bits per heavy atom. The maximum absolute atomic E-state index is 8.36. The van der Waals surface area contributed by atoms with Crippen LogP contribution >= 0.6 is 0 Å². The second-order valence-corrected chi connectivity index (χ2v) is 2.59. The summed E-state index contributed by atoms with van der Waals surface area (Å²) in [5.74, 6) is 0.977. The minimum atomic E-state index is 0.432. The number of methoxy groups -OCH3 is 2. The smallest absolute Gasteiger partial charge is 0.160 e. The lowest BCUT2D eigenvalue weighted by Crippen LogP contribution is -2.10. The van der Waals surface area contributed by atoms with Gasteiger partial charge in [0, 0.05) is 0 Å². The molecule has 14 heavy (non-hydrogen) atoms. The zero-order valence-electron chi connectivity index (χ0n) is 8.02. The Morgan fingerprint density at radius 2 is 2.07 bits per heavy atom. The van der Waals surface area contributed by atoms with Crippen molar-refractivity contribution in [2.24, 2.45) is 5.16 Å². The molecule has 0 atom stereocenters. The van der Waals surface area contributed by atoms with Crippen molar-refractivity contribution in [3.8, 4) is 11.5 Å². The topological polar surface area (TPSA) is 51.1 Å². The van der Waals surface area contributed by atoms with Gasteiger partial charge < -0.3 is 14.7 Å².